The zero-order valence-electron chi connectivity index (χ0n) is 12.0. The number of aliphatic hydroxyl groups excluding tert-OH is 1. The van der Waals surface area contributed by atoms with Gasteiger partial charge in [0.05, 0.1) is 11.4 Å². The molecule has 0 bridgehead atoms. The highest BCUT2D eigenvalue weighted by atomic mass is 32.2. The maximum Gasteiger partial charge on any atom is 0.265 e. The van der Waals surface area contributed by atoms with E-state index in [1.807, 2.05) is 6.07 Å². The van der Waals surface area contributed by atoms with Gasteiger partial charge in [0.1, 0.15) is 4.90 Å². The summed E-state index contributed by atoms with van der Waals surface area (Å²) in [6, 6.07) is 7.17. The average Bonchev–Trinajstić information content (AvgIpc) is 2.76. The van der Waals surface area contributed by atoms with Gasteiger partial charge in [0.15, 0.2) is 0 Å². The minimum absolute atomic E-state index is 0.114. The number of sulfonamides is 1. The molecule has 1 aromatic heterocycles. The van der Waals surface area contributed by atoms with Crippen molar-refractivity contribution in [3.05, 3.63) is 41.2 Å². The molecule has 0 atom stereocenters. The van der Waals surface area contributed by atoms with Gasteiger partial charge in [0, 0.05) is 12.3 Å². The Morgan fingerprint density at radius 1 is 1.33 bits per heavy atom. The van der Waals surface area contributed by atoms with Crippen LogP contribution in [-0.2, 0) is 16.4 Å². The van der Waals surface area contributed by atoms with Crippen LogP contribution in [0.2, 0.25) is 0 Å². The van der Waals surface area contributed by atoms with Crippen molar-refractivity contribution in [2.75, 3.05) is 11.3 Å². The summed E-state index contributed by atoms with van der Waals surface area (Å²) in [6.45, 7) is 3.44. The normalized spacial score (nSPS) is 11.6. The number of aromatic amines is 1. The Morgan fingerprint density at radius 3 is 2.71 bits per heavy atom. The molecule has 0 spiro atoms. The molecular weight excluding hydrogens is 290 g/mol. The van der Waals surface area contributed by atoms with Gasteiger partial charge in [-0.25, -0.2) is 8.42 Å². The van der Waals surface area contributed by atoms with Crippen molar-refractivity contribution in [3.8, 4) is 0 Å². The van der Waals surface area contributed by atoms with Gasteiger partial charge in [0.2, 0.25) is 0 Å². The van der Waals surface area contributed by atoms with E-state index in [1.165, 1.54) is 0 Å². The highest BCUT2D eigenvalue weighted by Crippen LogP contribution is 2.21. The zero-order valence-corrected chi connectivity index (χ0v) is 12.9. The predicted molar refractivity (Wildman–Crippen MR) is 80.7 cm³/mol. The first kappa shape index (κ1) is 15.5. The Bertz CT molecular complexity index is 703. The highest BCUT2D eigenvalue weighted by molar-refractivity contribution is 7.92. The van der Waals surface area contributed by atoms with Crippen molar-refractivity contribution in [3.63, 3.8) is 0 Å². The second-order valence-corrected chi connectivity index (χ2v) is 6.52. The number of nitrogens with one attached hydrogen (secondary N) is 2. The number of nitrogens with zero attached hydrogens (tertiary/aromatic N) is 1. The second-order valence-electron chi connectivity index (χ2n) is 4.90. The molecule has 0 saturated carbocycles. The van der Waals surface area contributed by atoms with Gasteiger partial charge in [-0.1, -0.05) is 12.1 Å². The van der Waals surface area contributed by atoms with Gasteiger partial charge in [-0.3, -0.25) is 9.82 Å². The molecule has 0 amide bonds. The minimum Gasteiger partial charge on any atom is -0.396 e. The molecule has 2 rings (SSSR count). The second kappa shape index (κ2) is 6.28. The quantitative estimate of drug-likeness (QED) is 0.757. The lowest BCUT2D eigenvalue weighted by Gasteiger charge is -2.09. The Balaban J connectivity index is 2.25. The Kier molecular flexibility index (Phi) is 4.64. The zero-order chi connectivity index (χ0) is 15.5. The Morgan fingerprint density at radius 2 is 2.10 bits per heavy atom. The molecule has 0 aliphatic rings. The molecule has 0 unspecified atom stereocenters. The molecule has 3 N–H and O–H groups in total. The summed E-state index contributed by atoms with van der Waals surface area (Å²) in [4.78, 5) is 0.184. The summed E-state index contributed by atoms with van der Waals surface area (Å²) in [5.41, 5.74) is 2.43. The van der Waals surface area contributed by atoms with E-state index in [9.17, 15) is 8.42 Å². The Hall–Kier alpha value is -1.86. The van der Waals surface area contributed by atoms with Crippen molar-refractivity contribution in [2.24, 2.45) is 0 Å². The molecule has 0 aliphatic carbocycles. The third kappa shape index (κ3) is 3.62. The standard InChI is InChI=1S/C14H19N3O3S/c1-10-14(11(2)16-15-10)21(19,20)17-13-7-3-5-12(9-13)6-4-8-18/h3,5,7,9,17-18H,4,6,8H2,1-2H3,(H,15,16). The topological polar surface area (TPSA) is 95.1 Å². The van der Waals surface area contributed by atoms with E-state index < -0.39 is 10.0 Å². The summed E-state index contributed by atoms with van der Waals surface area (Å²) in [5, 5.41) is 15.4. The van der Waals surface area contributed by atoms with Gasteiger partial charge in [-0.2, -0.15) is 5.10 Å². The van der Waals surface area contributed by atoms with Crippen LogP contribution in [0.3, 0.4) is 0 Å². The summed E-state index contributed by atoms with van der Waals surface area (Å²) in [7, 11) is -3.66. The summed E-state index contributed by atoms with van der Waals surface area (Å²) >= 11 is 0. The molecule has 0 radical (unpaired) electrons. The van der Waals surface area contributed by atoms with Crippen LogP contribution in [-0.4, -0.2) is 30.3 Å². The van der Waals surface area contributed by atoms with E-state index in [-0.39, 0.29) is 11.5 Å². The number of aromatic nitrogens is 2. The Labute approximate surface area is 124 Å². The van der Waals surface area contributed by atoms with Crippen LogP contribution in [0.5, 0.6) is 0 Å². The number of H-pyrrole nitrogens is 1. The molecule has 1 heterocycles. The first-order valence-corrected chi connectivity index (χ1v) is 8.16. The first-order valence-electron chi connectivity index (χ1n) is 6.68. The highest BCUT2D eigenvalue weighted by Gasteiger charge is 2.22. The van der Waals surface area contributed by atoms with Crippen LogP contribution in [0.1, 0.15) is 23.4 Å². The van der Waals surface area contributed by atoms with Crippen molar-refractivity contribution in [2.45, 2.75) is 31.6 Å². The summed E-state index contributed by atoms with van der Waals surface area (Å²) < 4.78 is 27.4. The fourth-order valence-corrected chi connectivity index (χ4v) is 3.64. The van der Waals surface area contributed by atoms with Crippen LogP contribution in [0.25, 0.3) is 0 Å². The van der Waals surface area contributed by atoms with Crippen molar-refractivity contribution in [1.29, 1.82) is 0 Å². The van der Waals surface area contributed by atoms with E-state index in [0.29, 0.717) is 29.9 Å². The number of aliphatic hydroxyl groups is 1. The molecule has 21 heavy (non-hydrogen) atoms. The largest absolute Gasteiger partial charge is 0.396 e. The van der Waals surface area contributed by atoms with Gasteiger partial charge in [-0.15, -0.1) is 0 Å². The van der Waals surface area contributed by atoms with E-state index in [1.54, 1.807) is 32.0 Å². The SMILES string of the molecule is Cc1n[nH]c(C)c1S(=O)(=O)Nc1cccc(CCCO)c1. The van der Waals surface area contributed by atoms with Crippen molar-refractivity contribution >= 4 is 15.7 Å². The number of rotatable bonds is 6. The third-order valence-electron chi connectivity index (χ3n) is 3.13. The van der Waals surface area contributed by atoms with Crippen LogP contribution >= 0.6 is 0 Å². The lowest BCUT2D eigenvalue weighted by Crippen LogP contribution is -2.14. The van der Waals surface area contributed by atoms with Crippen LogP contribution in [0.15, 0.2) is 29.2 Å². The van der Waals surface area contributed by atoms with E-state index in [0.717, 1.165) is 5.56 Å². The maximum atomic E-state index is 12.4. The molecule has 0 saturated heterocycles. The molecule has 1 aromatic carbocycles. The summed E-state index contributed by atoms with van der Waals surface area (Å²) in [6.07, 6.45) is 1.35. The third-order valence-corrected chi connectivity index (χ3v) is 4.78. The van der Waals surface area contributed by atoms with Gasteiger partial charge in [-0.05, 0) is 44.4 Å². The van der Waals surface area contributed by atoms with Gasteiger partial charge >= 0.3 is 0 Å². The number of aryl methyl sites for hydroxylation is 3. The fraction of sp³-hybridized carbons (Fsp3) is 0.357. The van der Waals surface area contributed by atoms with E-state index in [2.05, 4.69) is 14.9 Å². The van der Waals surface area contributed by atoms with Crippen molar-refractivity contribution in [1.82, 2.24) is 10.2 Å². The molecule has 7 heteroatoms. The van der Waals surface area contributed by atoms with Crippen LogP contribution in [0, 0.1) is 13.8 Å². The molecule has 114 valence electrons. The molecular formula is C14H19N3O3S. The fourth-order valence-electron chi connectivity index (χ4n) is 2.22. The van der Waals surface area contributed by atoms with Gasteiger partial charge in [0.25, 0.3) is 10.0 Å². The number of hydrogen-bond donors (Lipinski definition) is 3. The van der Waals surface area contributed by atoms with E-state index in [4.69, 9.17) is 5.11 Å². The molecule has 2 aromatic rings. The predicted octanol–water partition coefficient (Wildman–Crippen LogP) is 1.75. The number of hydrogen-bond acceptors (Lipinski definition) is 4. The minimum atomic E-state index is -3.66. The maximum absolute atomic E-state index is 12.4. The average molecular weight is 309 g/mol. The van der Waals surface area contributed by atoms with Gasteiger partial charge < -0.3 is 5.11 Å². The van der Waals surface area contributed by atoms with Crippen molar-refractivity contribution < 1.29 is 13.5 Å². The lowest BCUT2D eigenvalue weighted by atomic mass is 10.1. The van der Waals surface area contributed by atoms with Crippen LogP contribution in [0.4, 0.5) is 5.69 Å². The van der Waals surface area contributed by atoms with Crippen LogP contribution < -0.4 is 4.72 Å². The number of benzene rings is 1. The first-order chi connectivity index (χ1) is 9.94. The van der Waals surface area contributed by atoms with E-state index >= 15 is 0 Å². The monoisotopic (exact) mass is 309 g/mol. The summed E-state index contributed by atoms with van der Waals surface area (Å²) in [5.74, 6) is 0. The number of anilines is 1. The molecule has 0 fully saturated rings. The lowest BCUT2D eigenvalue weighted by molar-refractivity contribution is 0.288. The molecule has 0 aliphatic heterocycles. The molecule has 6 nitrogen and oxygen atoms in total. The smallest absolute Gasteiger partial charge is 0.265 e.